The van der Waals surface area contributed by atoms with Gasteiger partial charge < -0.3 is 20.3 Å². The van der Waals surface area contributed by atoms with Crippen LogP contribution in [0, 0.1) is 0 Å². The van der Waals surface area contributed by atoms with Gasteiger partial charge in [-0.15, -0.1) is 0 Å². The van der Waals surface area contributed by atoms with Crippen LogP contribution in [-0.4, -0.2) is 47.2 Å². The molecule has 0 aromatic heterocycles. The third-order valence-corrected chi connectivity index (χ3v) is 4.84. The maximum absolute atomic E-state index is 13.0. The number of hydrogen-bond acceptors (Lipinski definition) is 4. The molecule has 0 spiro atoms. The van der Waals surface area contributed by atoms with Crippen molar-refractivity contribution in [2.24, 2.45) is 0 Å². The standard InChI is InChI=1S/C20H18F3NO5/c21-20(22,23)19(28,9-17(25)26)11-24-18(27)29-10-16-14-7-3-1-5-12(14)13-6-2-4-8-15(13)16/h1-8,16,28H,9-11H2,(H,24,27)(H,25,26)/t19-/m1/s1. The Morgan fingerprint density at radius 2 is 1.52 bits per heavy atom. The van der Waals surface area contributed by atoms with E-state index in [1.54, 1.807) is 0 Å². The van der Waals surface area contributed by atoms with E-state index in [-0.39, 0.29) is 12.5 Å². The van der Waals surface area contributed by atoms with Crippen LogP contribution in [0.15, 0.2) is 48.5 Å². The van der Waals surface area contributed by atoms with Gasteiger partial charge in [0.25, 0.3) is 0 Å². The molecule has 29 heavy (non-hydrogen) atoms. The summed E-state index contributed by atoms with van der Waals surface area (Å²) >= 11 is 0. The summed E-state index contributed by atoms with van der Waals surface area (Å²) in [4.78, 5) is 22.6. The van der Waals surface area contributed by atoms with Crippen LogP contribution in [0.1, 0.15) is 23.5 Å². The van der Waals surface area contributed by atoms with Crippen LogP contribution in [0.5, 0.6) is 0 Å². The van der Waals surface area contributed by atoms with Gasteiger partial charge in [0.1, 0.15) is 6.61 Å². The van der Waals surface area contributed by atoms with Crippen LogP contribution in [0.2, 0.25) is 0 Å². The van der Waals surface area contributed by atoms with Gasteiger partial charge in [-0.2, -0.15) is 13.2 Å². The highest BCUT2D eigenvalue weighted by atomic mass is 19.4. The van der Waals surface area contributed by atoms with Crippen LogP contribution in [0.25, 0.3) is 11.1 Å². The van der Waals surface area contributed by atoms with Crippen molar-refractivity contribution in [3.63, 3.8) is 0 Å². The van der Waals surface area contributed by atoms with Gasteiger partial charge in [-0.05, 0) is 22.3 Å². The van der Waals surface area contributed by atoms with E-state index in [4.69, 9.17) is 9.84 Å². The van der Waals surface area contributed by atoms with Crippen LogP contribution in [0.4, 0.5) is 18.0 Å². The summed E-state index contributed by atoms with van der Waals surface area (Å²) in [7, 11) is 0. The summed E-state index contributed by atoms with van der Waals surface area (Å²) in [5.74, 6) is -2.13. The van der Waals surface area contributed by atoms with Crippen molar-refractivity contribution < 1.29 is 37.7 Å². The molecule has 2 aromatic rings. The Balaban J connectivity index is 1.66. The normalized spacial score (nSPS) is 15.2. The van der Waals surface area contributed by atoms with Gasteiger partial charge >= 0.3 is 18.2 Å². The molecule has 1 aliphatic carbocycles. The minimum atomic E-state index is -5.23. The monoisotopic (exact) mass is 409 g/mol. The Morgan fingerprint density at radius 3 is 2.00 bits per heavy atom. The number of carboxylic acid groups (broad SMARTS) is 1. The van der Waals surface area contributed by atoms with Crippen molar-refractivity contribution in [1.82, 2.24) is 5.32 Å². The van der Waals surface area contributed by atoms with Crippen LogP contribution in [-0.2, 0) is 9.53 Å². The zero-order valence-electron chi connectivity index (χ0n) is 15.1. The number of aliphatic hydroxyl groups is 1. The fourth-order valence-corrected chi connectivity index (χ4v) is 3.38. The second-order valence-corrected chi connectivity index (χ2v) is 6.78. The Hall–Kier alpha value is -3.07. The molecule has 154 valence electrons. The molecule has 0 bridgehead atoms. The Morgan fingerprint density at radius 1 is 1.00 bits per heavy atom. The topological polar surface area (TPSA) is 95.9 Å². The number of alkyl halides is 3. The maximum Gasteiger partial charge on any atom is 0.419 e. The highest BCUT2D eigenvalue weighted by Crippen LogP contribution is 2.44. The zero-order valence-corrected chi connectivity index (χ0v) is 15.1. The molecule has 1 atom stereocenters. The first kappa shape index (κ1) is 20.7. The van der Waals surface area contributed by atoms with Gasteiger partial charge in [0, 0.05) is 5.92 Å². The molecule has 9 heteroatoms. The average Bonchev–Trinajstić information content (AvgIpc) is 2.97. The van der Waals surface area contributed by atoms with Gasteiger partial charge in [-0.1, -0.05) is 48.5 Å². The molecule has 1 amide bonds. The maximum atomic E-state index is 13.0. The molecular weight excluding hydrogens is 391 g/mol. The van der Waals surface area contributed by atoms with Gasteiger partial charge in [-0.3, -0.25) is 4.79 Å². The highest BCUT2D eigenvalue weighted by Gasteiger charge is 2.55. The number of rotatable bonds is 6. The summed E-state index contributed by atoms with van der Waals surface area (Å²) in [6, 6.07) is 15.1. The molecule has 2 aromatic carbocycles. The first-order chi connectivity index (χ1) is 13.6. The van der Waals surface area contributed by atoms with E-state index in [0.717, 1.165) is 22.3 Å². The molecule has 0 heterocycles. The number of carbonyl (C=O) groups is 2. The lowest BCUT2D eigenvalue weighted by Gasteiger charge is -2.29. The number of nitrogens with one attached hydrogen (secondary N) is 1. The van der Waals surface area contributed by atoms with Crippen molar-refractivity contribution >= 4 is 12.1 Å². The van der Waals surface area contributed by atoms with E-state index in [2.05, 4.69) is 0 Å². The number of hydrogen-bond donors (Lipinski definition) is 3. The molecule has 3 rings (SSSR count). The number of ether oxygens (including phenoxy) is 1. The van der Waals surface area contributed by atoms with Crippen molar-refractivity contribution in [3.05, 3.63) is 59.7 Å². The number of carbonyl (C=O) groups excluding carboxylic acids is 1. The fourth-order valence-electron chi connectivity index (χ4n) is 3.38. The number of halogens is 3. The van der Waals surface area contributed by atoms with Gasteiger partial charge in [0.2, 0.25) is 0 Å². The van der Waals surface area contributed by atoms with Crippen molar-refractivity contribution in [3.8, 4) is 11.1 Å². The smallest absolute Gasteiger partial charge is 0.419 e. The Labute approximate surface area is 163 Å². The predicted octanol–water partition coefficient (Wildman–Crippen LogP) is 3.29. The quantitative estimate of drug-likeness (QED) is 0.681. The lowest BCUT2D eigenvalue weighted by atomic mass is 9.98. The molecule has 0 radical (unpaired) electrons. The molecule has 0 saturated heterocycles. The minimum Gasteiger partial charge on any atom is -0.481 e. The third kappa shape index (κ3) is 4.19. The highest BCUT2D eigenvalue weighted by molar-refractivity contribution is 5.79. The molecule has 1 aliphatic rings. The first-order valence-electron chi connectivity index (χ1n) is 8.72. The van der Waals surface area contributed by atoms with Gasteiger partial charge in [-0.25, -0.2) is 4.79 Å². The van der Waals surface area contributed by atoms with E-state index in [1.807, 2.05) is 53.8 Å². The third-order valence-electron chi connectivity index (χ3n) is 4.84. The molecule has 0 saturated carbocycles. The predicted molar refractivity (Wildman–Crippen MR) is 96.3 cm³/mol. The van der Waals surface area contributed by atoms with E-state index >= 15 is 0 Å². The SMILES string of the molecule is O=C(O)C[C@@](O)(CNC(=O)OCC1c2ccccc2-c2ccccc21)C(F)(F)F. The van der Waals surface area contributed by atoms with Crippen LogP contribution < -0.4 is 5.32 Å². The summed E-state index contributed by atoms with van der Waals surface area (Å²) in [5, 5.41) is 20.1. The largest absolute Gasteiger partial charge is 0.481 e. The Kier molecular flexibility index (Phi) is 5.52. The number of benzene rings is 2. The van der Waals surface area contributed by atoms with Gasteiger partial charge in [0.15, 0.2) is 5.60 Å². The molecule has 0 aliphatic heterocycles. The number of alkyl carbamates (subject to hydrolysis) is 1. The summed E-state index contributed by atoms with van der Waals surface area (Å²) in [5.41, 5.74) is 0.248. The van der Waals surface area contributed by atoms with Gasteiger partial charge in [0.05, 0.1) is 13.0 Å². The molecule has 0 fully saturated rings. The average molecular weight is 409 g/mol. The number of fused-ring (bicyclic) bond motifs is 3. The van der Waals surface area contributed by atoms with E-state index in [1.165, 1.54) is 0 Å². The lowest BCUT2D eigenvalue weighted by molar-refractivity contribution is -0.259. The zero-order chi connectivity index (χ0) is 21.2. The Bertz CT molecular complexity index is 885. The van der Waals surface area contributed by atoms with E-state index in [0.29, 0.717) is 0 Å². The number of aliphatic carboxylic acids is 1. The summed E-state index contributed by atoms with van der Waals surface area (Å²) in [6.07, 6.45) is -8.01. The van der Waals surface area contributed by atoms with Crippen molar-refractivity contribution in [2.75, 3.05) is 13.2 Å². The second-order valence-electron chi connectivity index (χ2n) is 6.78. The molecule has 3 N–H and O–H groups in total. The summed E-state index contributed by atoms with van der Waals surface area (Å²) < 4.78 is 44.0. The minimum absolute atomic E-state index is 0.122. The molecule has 0 unspecified atom stereocenters. The number of carboxylic acids is 1. The van der Waals surface area contributed by atoms with E-state index < -0.39 is 36.8 Å². The van der Waals surface area contributed by atoms with Crippen molar-refractivity contribution in [1.29, 1.82) is 0 Å². The van der Waals surface area contributed by atoms with E-state index in [9.17, 15) is 27.9 Å². The summed E-state index contributed by atoms with van der Waals surface area (Å²) in [6.45, 7) is -1.46. The molecule has 6 nitrogen and oxygen atoms in total. The van der Waals surface area contributed by atoms with Crippen molar-refractivity contribution in [2.45, 2.75) is 24.1 Å². The fraction of sp³-hybridized carbons (Fsp3) is 0.300. The van der Waals surface area contributed by atoms with Crippen LogP contribution >= 0.6 is 0 Å². The first-order valence-corrected chi connectivity index (χ1v) is 8.72. The second kappa shape index (κ2) is 7.75. The lowest BCUT2D eigenvalue weighted by Crippen LogP contribution is -2.54. The van der Waals surface area contributed by atoms with Crippen LogP contribution in [0.3, 0.4) is 0 Å². The molecular formula is C20H18F3NO5. The number of amides is 1.